The van der Waals surface area contributed by atoms with Gasteiger partial charge in [0.1, 0.15) is 16.4 Å². The highest BCUT2D eigenvalue weighted by Gasteiger charge is 2.18. The second-order valence-corrected chi connectivity index (χ2v) is 7.08. The summed E-state index contributed by atoms with van der Waals surface area (Å²) in [5.74, 6) is -0.342. The van der Waals surface area contributed by atoms with Crippen molar-refractivity contribution in [2.45, 2.75) is 11.8 Å². The lowest BCUT2D eigenvalue weighted by atomic mass is 10.1. The fourth-order valence-electron chi connectivity index (χ4n) is 1.73. The summed E-state index contributed by atoms with van der Waals surface area (Å²) in [6.45, 7) is 1.51. The lowest BCUT2D eigenvalue weighted by Crippen LogP contribution is -2.20. The highest BCUT2D eigenvalue weighted by Crippen LogP contribution is 2.25. The Morgan fingerprint density at radius 3 is 2.30 bits per heavy atom. The fraction of sp³-hybridized carbons (Fsp3) is 0.0714. The molecule has 0 aliphatic rings. The van der Waals surface area contributed by atoms with Crippen LogP contribution >= 0.6 is 23.2 Å². The molecule has 0 amide bonds. The quantitative estimate of drug-likeness (QED) is 0.565. The minimum atomic E-state index is -4.02. The molecule has 6 nitrogen and oxygen atoms in total. The van der Waals surface area contributed by atoms with Gasteiger partial charge in [-0.1, -0.05) is 23.2 Å². The van der Waals surface area contributed by atoms with Crippen LogP contribution in [0, 0.1) is 0 Å². The van der Waals surface area contributed by atoms with Gasteiger partial charge in [0, 0.05) is 16.7 Å². The van der Waals surface area contributed by atoms with Crippen LogP contribution in [0.5, 0.6) is 11.5 Å². The first-order valence-corrected chi connectivity index (χ1v) is 8.47. The number of phenols is 2. The van der Waals surface area contributed by atoms with Crippen molar-refractivity contribution in [2.24, 2.45) is 5.10 Å². The largest absolute Gasteiger partial charge is 0.508 e. The van der Waals surface area contributed by atoms with Gasteiger partial charge in [0.15, 0.2) is 0 Å². The highest BCUT2D eigenvalue weighted by atomic mass is 35.5. The summed E-state index contributed by atoms with van der Waals surface area (Å²) >= 11 is 11.6. The van der Waals surface area contributed by atoms with Crippen molar-refractivity contribution in [3.63, 3.8) is 0 Å². The van der Waals surface area contributed by atoms with Gasteiger partial charge >= 0.3 is 0 Å². The molecule has 0 radical (unpaired) electrons. The van der Waals surface area contributed by atoms with Crippen molar-refractivity contribution in [2.75, 3.05) is 0 Å². The molecule has 0 atom stereocenters. The predicted octanol–water partition coefficient (Wildman–Crippen LogP) is 3.11. The van der Waals surface area contributed by atoms with Gasteiger partial charge in [0.25, 0.3) is 10.0 Å². The maximum Gasteiger partial charge on any atom is 0.278 e. The lowest BCUT2D eigenvalue weighted by molar-refractivity contribution is 0.450. The van der Waals surface area contributed by atoms with Gasteiger partial charge in [-0.05, 0) is 37.3 Å². The highest BCUT2D eigenvalue weighted by molar-refractivity contribution is 7.89. The van der Waals surface area contributed by atoms with E-state index >= 15 is 0 Å². The van der Waals surface area contributed by atoms with E-state index in [4.69, 9.17) is 23.2 Å². The zero-order valence-corrected chi connectivity index (χ0v) is 14.1. The number of nitrogens with one attached hydrogen (secondary N) is 1. The van der Waals surface area contributed by atoms with Crippen molar-refractivity contribution in [1.82, 2.24) is 4.83 Å². The second-order valence-electron chi connectivity index (χ2n) is 4.60. The molecule has 0 bridgehead atoms. The number of aromatic hydroxyl groups is 2. The third-order valence-electron chi connectivity index (χ3n) is 2.84. The summed E-state index contributed by atoms with van der Waals surface area (Å²) in [6.07, 6.45) is 0. The van der Waals surface area contributed by atoms with Crippen LogP contribution in [-0.4, -0.2) is 24.3 Å². The van der Waals surface area contributed by atoms with Crippen LogP contribution in [0.2, 0.25) is 10.0 Å². The monoisotopic (exact) mass is 374 g/mol. The number of sulfonamides is 1. The van der Waals surface area contributed by atoms with E-state index in [-0.39, 0.29) is 32.2 Å². The van der Waals surface area contributed by atoms with Gasteiger partial charge in [0.2, 0.25) is 0 Å². The van der Waals surface area contributed by atoms with Gasteiger partial charge in [-0.2, -0.15) is 18.4 Å². The normalized spacial score (nSPS) is 12.2. The smallest absolute Gasteiger partial charge is 0.278 e. The standard InChI is InChI=1S/C14H12Cl2N2O4S/c1-8(9-4-11(19)7-12(20)5-9)17-18-23(21,22)14-6-10(15)2-3-13(14)16/h2-7,18-20H,1H3. The number of hydrogen-bond donors (Lipinski definition) is 3. The Bertz CT molecular complexity index is 862. The maximum atomic E-state index is 12.2. The van der Waals surface area contributed by atoms with E-state index in [1.807, 2.05) is 4.83 Å². The van der Waals surface area contributed by atoms with Crippen molar-refractivity contribution in [3.8, 4) is 11.5 Å². The summed E-state index contributed by atoms with van der Waals surface area (Å²) in [5, 5.41) is 22.8. The molecular weight excluding hydrogens is 363 g/mol. The lowest BCUT2D eigenvalue weighted by Gasteiger charge is -2.08. The number of halogens is 2. The number of hydrazone groups is 1. The molecular formula is C14H12Cl2N2O4S. The molecule has 0 spiro atoms. The van der Waals surface area contributed by atoms with Crippen LogP contribution in [-0.2, 0) is 10.0 Å². The molecule has 2 aromatic carbocycles. The number of rotatable bonds is 4. The number of benzene rings is 2. The van der Waals surface area contributed by atoms with E-state index in [1.165, 1.54) is 37.3 Å². The van der Waals surface area contributed by atoms with Gasteiger partial charge in [-0.25, -0.2) is 0 Å². The van der Waals surface area contributed by atoms with E-state index < -0.39 is 10.0 Å². The summed E-state index contributed by atoms with van der Waals surface area (Å²) in [4.78, 5) is 1.83. The second kappa shape index (κ2) is 6.66. The maximum absolute atomic E-state index is 12.2. The topological polar surface area (TPSA) is 99.0 Å². The summed E-state index contributed by atoms with van der Waals surface area (Å²) in [7, 11) is -4.02. The molecule has 0 fully saturated rings. The minimum Gasteiger partial charge on any atom is -0.508 e. The van der Waals surface area contributed by atoms with Gasteiger partial charge < -0.3 is 10.2 Å². The SMILES string of the molecule is CC(=NNS(=O)(=O)c1cc(Cl)ccc1Cl)c1cc(O)cc(O)c1. The Morgan fingerprint density at radius 1 is 1.09 bits per heavy atom. The Labute approximate surface area is 143 Å². The summed E-state index contributed by atoms with van der Waals surface area (Å²) in [5.41, 5.74) is 0.584. The van der Waals surface area contributed by atoms with Crippen LogP contribution in [0.15, 0.2) is 46.4 Å². The molecule has 2 rings (SSSR count). The van der Waals surface area contributed by atoms with E-state index in [9.17, 15) is 18.6 Å². The van der Waals surface area contributed by atoms with Crippen molar-refractivity contribution < 1.29 is 18.6 Å². The van der Waals surface area contributed by atoms with E-state index in [0.29, 0.717) is 5.56 Å². The Balaban J connectivity index is 2.32. The zero-order valence-electron chi connectivity index (χ0n) is 11.8. The molecule has 0 aliphatic carbocycles. The molecule has 2 aromatic rings. The Morgan fingerprint density at radius 2 is 1.70 bits per heavy atom. The van der Waals surface area contributed by atoms with Crippen molar-refractivity contribution in [1.29, 1.82) is 0 Å². The minimum absolute atomic E-state index is 0.00440. The van der Waals surface area contributed by atoms with Crippen LogP contribution < -0.4 is 4.83 Å². The average Bonchev–Trinajstić information content (AvgIpc) is 2.46. The molecule has 0 saturated heterocycles. The molecule has 23 heavy (non-hydrogen) atoms. The third-order valence-corrected chi connectivity index (χ3v) is 4.76. The van der Waals surface area contributed by atoms with Crippen molar-refractivity contribution in [3.05, 3.63) is 52.0 Å². The molecule has 3 N–H and O–H groups in total. The molecule has 122 valence electrons. The Hall–Kier alpha value is -1.96. The molecule has 0 saturated carbocycles. The molecule has 0 aliphatic heterocycles. The van der Waals surface area contributed by atoms with E-state index in [0.717, 1.165) is 6.07 Å². The third kappa shape index (κ3) is 4.28. The number of nitrogens with zero attached hydrogens (tertiary/aromatic N) is 1. The fourth-order valence-corrected chi connectivity index (χ4v) is 3.35. The average molecular weight is 375 g/mol. The van der Waals surface area contributed by atoms with Crippen molar-refractivity contribution >= 4 is 38.9 Å². The predicted molar refractivity (Wildman–Crippen MR) is 88.8 cm³/mol. The zero-order chi connectivity index (χ0) is 17.2. The molecule has 0 heterocycles. The van der Waals surface area contributed by atoms with Gasteiger partial charge in [0.05, 0.1) is 10.7 Å². The summed E-state index contributed by atoms with van der Waals surface area (Å²) in [6, 6.07) is 7.84. The summed E-state index contributed by atoms with van der Waals surface area (Å²) < 4.78 is 24.4. The van der Waals surface area contributed by atoms with E-state index in [2.05, 4.69) is 5.10 Å². The Kier molecular flexibility index (Phi) is 5.03. The number of hydrogen-bond acceptors (Lipinski definition) is 5. The number of phenolic OH excluding ortho intramolecular Hbond substituents is 2. The van der Waals surface area contributed by atoms with Gasteiger partial charge in [-0.15, -0.1) is 0 Å². The first kappa shape index (κ1) is 17.4. The molecule has 0 aromatic heterocycles. The van der Waals surface area contributed by atoms with Crippen LogP contribution in [0.3, 0.4) is 0 Å². The van der Waals surface area contributed by atoms with Crippen LogP contribution in [0.4, 0.5) is 0 Å². The molecule has 9 heteroatoms. The first-order chi connectivity index (χ1) is 10.7. The first-order valence-electron chi connectivity index (χ1n) is 6.23. The van der Waals surface area contributed by atoms with Crippen LogP contribution in [0.25, 0.3) is 0 Å². The van der Waals surface area contributed by atoms with Crippen LogP contribution in [0.1, 0.15) is 12.5 Å². The molecule has 0 unspecified atom stereocenters. The van der Waals surface area contributed by atoms with E-state index in [1.54, 1.807) is 0 Å². The van der Waals surface area contributed by atoms with Gasteiger partial charge in [-0.3, -0.25) is 0 Å².